The first-order valence-electron chi connectivity index (χ1n) is 10.1. The van der Waals surface area contributed by atoms with Crippen molar-refractivity contribution in [3.05, 3.63) is 64.2 Å². The van der Waals surface area contributed by atoms with Gasteiger partial charge in [0.25, 0.3) is 0 Å². The summed E-state index contributed by atoms with van der Waals surface area (Å²) in [6.07, 6.45) is 0. The molecule has 0 saturated carbocycles. The molecule has 32 heavy (non-hydrogen) atoms. The Kier molecular flexibility index (Phi) is 7.48. The number of benzene rings is 2. The summed E-state index contributed by atoms with van der Waals surface area (Å²) in [5.41, 5.74) is 3.80. The molecule has 0 bridgehead atoms. The van der Waals surface area contributed by atoms with E-state index in [1.807, 2.05) is 39.0 Å². The Hall–Kier alpha value is -3.39. The van der Waals surface area contributed by atoms with Crippen molar-refractivity contribution in [3.63, 3.8) is 0 Å². The van der Waals surface area contributed by atoms with Crippen LogP contribution in [-0.4, -0.2) is 30.6 Å². The van der Waals surface area contributed by atoms with Crippen LogP contribution < -0.4 is 14.4 Å². The quantitative estimate of drug-likeness (QED) is 0.435. The molecule has 1 amide bonds. The number of rotatable bonds is 8. The fourth-order valence-corrected chi connectivity index (χ4v) is 4.01. The second-order valence-electron chi connectivity index (χ2n) is 7.07. The number of hydrogen-bond acceptors (Lipinski definition) is 7. The molecule has 0 aliphatic carbocycles. The van der Waals surface area contributed by atoms with Crippen molar-refractivity contribution in [1.82, 2.24) is 4.98 Å². The number of carbonyl (C=O) groups excluding carboxylic acids is 2. The van der Waals surface area contributed by atoms with Crippen LogP contribution >= 0.6 is 11.3 Å². The van der Waals surface area contributed by atoms with Gasteiger partial charge < -0.3 is 14.2 Å². The van der Waals surface area contributed by atoms with Crippen LogP contribution in [0.1, 0.15) is 41.0 Å². The number of aryl methyl sites for hydroxylation is 1. The minimum absolute atomic E-state index is 0.0105. The highest BCUT2D eigenvalue weighted by Gasteiger charge is 2.21. The van der Waals surface area contributed by atoms with E-state index < -0.39 is 5.97 Å². The molecule has 168 valence electrons. The predicted octanol–water partition coefficient (Wildman–Crippen LogP) is 5.21. The van der Waals surface area contributed by atoms with Crippen molar-refractivity contribution < 1.29 is 23.8 Å². The molecule has 0 radical (unpaired) electrons. The van der Waals surface area contributed by atoms with Gasteiger partial charge in [-0.2, -0.15) is 0 Å². The summed E-state index contributed by atoms with van der Waals surface area (Å²) >= 11 is 1.32. The average molecular weight is 455 g/mol. The van der Waals surface area contributed by atoms with Crippen molar-refractivity contribution in [2.45, 2.75) is 34.3 Å². The van der Waals surface area contributed by atoms with Gasteiger partial charge in [0.05, 0.1) is 30.7 Å². The van der Waals surface area contributed by atoms with Gasteiger partial charge in [-0.15, -0.1) is 11.3 Å². The summed E-state index contributed by atoms with van der Waals surface area (Å²) in [6, 6.07) is 10.7. The second-order valence-corrected chi connectivity index (χ2v) is 7.91. The molecule has 3 aromatic rings. The highest BCUT2D eigenvalue weighted by atomic mass is 32.1. The molecule has 0 spiro atoms. The Morgan fingerprint density at radius 3 is 2.59 bits per heavy atom. The molecule has 1 aromatic heterocycles. The fourth-order valence-electron chi connectivity index (χ4n) is 3.14. The van der Waals surface area contributed by atoms with Gasteiger partial charge in [-0.05, 0) is 56.2 Å². The maximum atomic E-state index is 12.5. The summed E-state index contributed by atoms with van der Waals surface area (Å²) in [7, 11) is 1.51. The normalized spacial score (nSPS) is 10.5. The molecule has 0 aliphatic heterocycles. The van der Waals surface area contributed by atoms with Crippen molar-refractivity contribution in [1.29, 1.82) is 0 Å². The maximum Gasteiger partial charge on any atom is 0.338 e. The maximum absolute atomic E-state index is 12.5. The van der Waals surface area contributed by atoms with Gasteiger partial charge >= 0.3 is 5.97 Å². The zero-order chi connectivity index (χ0) is 23.3. The summed E-state index contributed by atoms with van der Waals surface area (Å²) in [5, 5.41) is 2.31. The lowest BCUT2D eigenvalue weighted by Gasteiger charge is -2.21. The molecular weight excluding hydrogens is 428 g/mol. The van der Waals surface area contributed by atoms with Gasteiger partial charge in [0.15, 0.2) is 16.6 Å². The van der Waals surface area contributed by atoms with Crippen LogP contribution in [0.5, 0.6) is 11.5 Å². The lowest BCUT2D eigenvalue weighted by atomic mass is 10.1. The van der Waals surface area contributed by atoms with Crippen LogP contribution in [0.3, 0.4) is 0 Å². The molecule has 2 aromatic carbocycles. The van der Waals surface area contributed by atoms with E-state index in [1.54, 1.807) is 28.5 Å². The lowest BCUT2D eigenvalue weighted by molar-refractivity contribution is -0.115. The molecule has 0 atom stereocenters. The Labute approximate surface area is 191 Å². The molecule has 0 unspecified atom stereocenters. The number of aromatic nitrogens is 1. The van der Waals surface area contributed by atoms with E-state index in [4.69, 9.17) is 14.2 Å². The van der Waals surface area contributed by atoms with Gasteiger partial charge in [0.1, 0.15) is 6.61 Å². The number of carbonyl (C=O) groups is 2. The zero-order valence-corrected chi connectivity index (χ0v) is 19.6. The average Bonchev–Trinajstić information content (AvgIpc) is 3.23. The largest absolute Gasteiger partial charge is 0.493 e. The van der Waals surface area contributed by atoms with E-state index in [-0.39, 0.29) is 12.5 Å². The third-order valence-corrected chi connectivity index (χ3v) is 5.79. The number of ether oxygens (including phenoxy) is 3. The van der Waals surface area contributed by atoms with E-state index in [1.165, 1.54) is 25.4 Å². The first kappa shape index (κ1) is 23.3. The Morgan fingerprint density at radius 1 is 1.12 bits per heavy atom. The van der Waals surface area contributed by atoms with Crippen molar-refractivity contribution in [2.24, 2.45) is 0 Å². The molecule has 0 fully saturated rings. The Balaban J connectivity index is 1.74. The van der Waals surface area contributed by atoms with Crippen LogP contribution in [0, 0.1) is 13.8 Å². The molecule has 0 saturated heterocycles. The van der Waals surface area contributed by atoms with Crippen molar-refractivity contribution in [2.75, 3.05) is 18.6 Å². The number of esters is 1. The first-order chi connectivity index (χ1) is 15.3. The highest BCUT2D eigenvalue weighted by molar-refractivity contribution is 7.14. The number of amides is 1. The van der Waals surface area contributed by atoms with Crippen LogP contribution in [0.15, 0.2) is 41.8 Å². The van der Waals surface area contributed by atoms with Crippen molar-refractivity contribution in [3.8, 4) is 11.5 Å². The van der Waals surface area contributed by atoms with Gasteiger partial charge in [0.2, 0.25) is 5.91 Å². The zero-order valence-electron chi connectivity index (χ0n) is 18.8. The van der Waals surface area contributed by atoms with Gasteiger partial charge in [-0.3, -0.25) is 9.69 Å². The number of anilines is 2. The summed E-state index contributed by atoms with van der Waals surface area (Å²) in [6.45, 7) is 7.83. The molecule has 7 nitrogen and oxygen atoms in total. The van der Waals surface area contributed by atoms with Gasteiger partial charge in [-0.1, -0.05) is 12.1 Å². The topological polar surface area (TPSA) is 78.0 Å². The van der Waals surface area contributed by atoms with Crippen LogP contribution in [0.2, 0.25) is 0 Å². The lowest BCUT2D eigenvalue weighted by Crippen LogP contribution is -2.23. The molecule has 0 N–H and O–H groups in total. The molecule has 3 rings (SSSR count). The molecule has 0 aliphatic rings. The third-order valence-electron chi connectivity index (χ3n) is 4.91. The monoisotopic (exact) mass is 454 g/mol. The number of nitrogens with zero attached hydrogens (tertiary/aromatic N) is 2. The van der Waals surface area contributed by atoms with Crippen molar-refractivity contribution >= 4 is 34.0 Å². The molecular formula is C24H26N2O5S. The molecule has 1 heterocycles. The molecule has 8 heteroatoms. The number of methoxy groups -OCH3 is 1. The Morgan fingerprint density at radius 2 is 1.91 bits per heavy atom. The third kappa shape index (κ3) is 5.08. The Bertz CT molecular complexity index is 1130. The van der Waals surface area contributed by atoms with E-state index in [0.29, 0.717) is 34.5 Å². The smallest absolute Gasteiger partial charge is 0.338 e. The predicted molar refractivity (Wildman–Crippen MR) is 124 cm³/mol. The standard InChI is InChI=1S/C24H26N2O5S/c1-6-30-21-11-10-18(12-22(21)29-5)23(28)31-13-19-14-32-24(25-19)26(17(4)27)20-9-7-8-15(2)16(20)3/h7-12,14H,6,13H2,1-5H3. The van der Waals surface area contributed by atoms with E-state index in [0.717, 1.165) is 16.8 Å². The van der Waals surface area contributed by atoms with Crippen LogP contribution in [0.25, 0.3) is 0 Å². The minimum Gasteiger partial charge on any atom is -0.493 e. The summed E-state index contributed by atoms with van der Waals surface area (Å²) in [5.74, 6) is 0.381. The van der Waals surface area contributed by atoms with Crippen LogP contribution in [0.4, 0.5) is 10.8 Å². The summed E-state index contributed by atoms with van der Waals surface area (Å²) < 4.78 is 16.2. The second kappa shape index (κ2) is 10.3. The van der Waals surface area contributed by atoms with E-state index in [2.05, 4.69) is 4.98 Å². The fraction of sp³-hybridized carbons (Fsp3) is 0.292. The number of hydrogen-bond donors (Lipinski definition) is 0. The van der Waals surface area contributed by atoms with E-state index >= 15 is 0 Å². The highest BCUT2D eigenvalue weighted by Crippen LogP contribution is 2.33. The van der Waals surface area contributed by atoms with E-state index in [9.17, 15) is 9.59 Å². The van der Waals surface area contributed by atoms with Gasteiger partial charge in [0, 0.05) is 12.3 Å². The minimum atomic E-state index is -0.501. The van der Waals surface area contributed by atoms with Gasteiger partial charge in [-0.25, -0.2) is 9.78 Å². The SMILES string of the molecule is CCOc1ccc(C(=O)OCc2csc(N(C(C)=O)c3cccc(C)c3C)n2)cc1OC. The first-order valence-corrected chi connectivity index (χ1v) is 11.0. The summed E-state index contributed by atoms with van der Waals surface area (Å²) in [4.78, 5) is 31.0. The van der Waals surface area contributed by atoms with Crippen LogP contribution in [-0.2, 0) is 16.1 Å². The number of thiazole rings is 1.